The molecule has 3 nitrogen and oxygen atoms in total. The predicted molar refractivity (Wildman–Crippen MR) is 87.2 cm³/mol. The average molecular weight is 284 g/mol. The summed E-state index contributed by atoms with van der Waals surface area (Å²) in [4.78, 5) is 2.55. The van der Waals surface area contributed by atoms with Crippen LogP contribution in [0, 0.1) is 0 Å². The monoisotopic (exact) mass is 284 g/mol. The van der Waals surface area contributed by atoms with Crippen LogP contribution in [-0.4, -0.2) is 29.4 Å². The Bertz CT molecular complexity index is 706. The van der Waals surface area contributed by atoms with E-state index in [0.29, 0.717) is 0 Å². The molecule has 1 aromatic heterocycles. The van der Waals surface area contributed by atoms with E-state index in [1.54, 1.807) is 5.56 Å². The number of aliphatic hydroxyl groups excluding tert-OH is 1. The van der Waals surface area contributed by atoms with E-state index in [9.17, 15) is 5.11 Å². The van der Waals surface area contributed by atoms with E-state index in [1.165, 1.54) is 48.2 Å². The zero-order valence-corrected chi connectivity index (χ0v) is 13.2. The van der Waals surface area contributed by atoms with Gasteiger partial charge in [-0.05, 0) is 24.3 Å². The second kappa shape index (κ2) is 4.26. The number of rotatable bonds is 2. The van der Waals surface area contributed by atoms with E-state index in [-0.39, 0.29) is 12.0 Å². The minimum Gasteiger partial charge on any atom is -0.395 e. The highest BCUT2D eigenvalue weighted by Gasteiger charge is 2.36. The van der Waals surface area contributed by atoms with Gasteiger partial charge < -0.3 is 14.6 Å². The van der Waals surface area contributed by atoms with Gasteiger partial charge in [0.2, 0.25) is 0 Å². The molecule has 1 saturated heterocycles. The largest absolute Gasteiger partial charge is 0.395 e. The van der Waals surface area contributed by atoms with Gasteiger partial charge in [-0.25, -0.2) is 0 Å². The Morgan fingerprint density at radius 3 is 2.62 bits per heavy atom. The lowest BCUT2D eigenvalue weighted by Gasteiger charge is -2.41. The second-order valence-corrected chi connectivity index (χ2v) is 7.30. The van der Waals surface area contributed by atoms with Gasteiger partial charge in [-0.3, -0.25) is 0 Å². The van der Waals surface area contributed by atoms with Crippen LogP contribution < -0.4 is 4.90 Å². The first kappa shape index (κ1) is 13.2. The molecule has 0 unspecified atom stereocenters. The molecule has 4 heterocycles. The number of hydrogen-bond donors (Lipinski definition) is 1. The van der Waals surface area contributed by atoms with E-state index in [0.717, 1.165) is 5.92 Å². The minimum absolute atomic E-state index is 0.176. The molecule has 0 atom stereocenters. The Balaban J connectivity index is 2.07. The average Bonchev–Trinajstić information content (AvgIpc) is 2.84. The number of para-hydroxylation sites is 1. The lowest BCUT2D eigenvalue weighted by Crippen LogP contribution is -2.39. The van der Waals surface area contributed by atoms with Crippen molar-refractivity contribution in [3.63, 3.8) is 0 Å². The first-order valence-electron chi connectivity index (χ1n) is 8.02. The van der Waals surface area contributed by atoms with Crippen LogP contribution in [0.1, 0.15) is 43.7 Å². The fourth-order valence-corrected chi connectivity index (χ4v) is 4.33. The summed E-state index contributed by atoms with van der Waals surface area (Å²) in [6, 6.07) is 6.61. The maximum atomic E-state index is 9.80. The molecule has 0 spiro atoms. The van der Waals surface area contributed by atoms with Crippen molar-refractivity contribution in [2.75, 3.05) is 24.6 Å². The first-order valence-corrected chi connectivity index (χ1v) is 8.02. The highest BCUT2D eigenvalue weighted by molar-refractivity contribution is 5.94. The SMILES string of the molecule is Cn1c2c(c3cccc(C(C)(C)CO)c31)C1CCN2CC1. The van der Waals surface area contributed by atoms with Crippen molar-refractivity contribution >= 4 is 16.7 Å². The van der Waals surface area contributed by atoms with Gasteiger partial charge in [0, 0.05) is 36.5 Å². The van der Waals surface area contributed by atoms with Gasteiger partial charge in [0.15, 0.2) is 0 Å². The summed E-state index contributed by atoms with van der Waals surface area (Å²) in [5.41, 5.74) is 3.93. The molecular weight excluding hydrogens is 260 g/mol. The Kier molecular flexibility index (Phi) is 2.68. The molecule has 3 heteroatoms. The number of benzene rings is 1. The third kappa shape index (κ3) is 1.64. The highest BCUT2D eigenvalue weighted by atomic mass is 16.3. The van der Waals surface area contributed by atoms with Crippen LogP contribution in [0.2, 0.25) is 0 Å². The molecule has 0 aliphatic carbocycles. The van der Waals surface area contributed by atoms with E-state index >= 15 is 0 Å². The Hall–Kier alpha value is -1.48. The number of fused-ring (bicyclic) bond motifs is 3. The number of piperidine rings is 1. The van der Waals surface area contributed by atoms with Crippen molar-refractivity contribution in [1.82, 2.24) is 4.57 Å². The molecule has 3 aliphatic heterocycles. The van der Waals surface area contributed by atoms with Crippen LogP contribution in [0.15, 0.2) is 18.2 Å². The fourth-order valence-electron chi connectivity index (χ4n) is 4.33. The summed E-state index contributed by atoms with van der Waals surface area (Å²) in [5, 5.41) is 11.2. The van der Waals surface area contributed by atoms with Gasteiger partial charge in [-0.2, -0.15) is 0 Å². The molecule has 0 amide bonds. The van der Waals surface area contributed by atoms with E-state index < -0.39 is 0 Å². The van der Waals surface area contributed by atoms with Crippen molar-refractivity contribution in [2.45, 2.75) is 38.0 Å². The highest BCUT2D eigenvalue weighted by Crippen LogP contribution is 2.48. The lowest BCUT2D eigenvalue weighted by molar-refractivity contribution is 0.219. The van der Waals surface area contributed by atoms with Gasteiger partial charge in [-0.1, -0.05) is 32.0 Å². The van der Waals surface area contributed by atoms with Crippen LogP contribution in [0.3, 0.4) is 0 Å². The van der Waals surface area contributed by atoms with Crippen molar-refractivity contribution in [2.24, 2.45) is 7.05 Å². The molecule has 3 aliphatic rings. The van der Waals surface area contributed by atoms with Crippen LogP contribution in [0.5, 0.6) is 0 Å². The molecule has 1 aromatic carbocycles. The van der Waals surface area contributed by atoms with Gasteiger partial charge in [0.05, 0.1) is 12.1 Å². The second-order valence-electron chi connectivity index (χ2n) is 7.30. The summed E-state index contributed by atoms with van der Waals surface area (Å²) in [6.07, 6.45) is 2.58. The molecule has 1 N–H and O–H groups in total. The molecular formula is C18H24N2O. The van der Waals surface area contributed by atoms with Gasteiger partial charge >= 0.3 is 0 Å². The van der Waals surface area contributed by atoms with Crippen molar-refractivity contribution in [3.8, 4) is 0 Å². The summed E-state index contributed by atoms with van der Waals surface area (Å²) < 4.78 is 2.38. The lowest BCUT2D eigenvalue weighted by atomic mass is 9.81. The summed E-state index contributed by atoms with van der Waals surface area (Å²) >= 11 is 0. The molecule has 21 heavy (non-hydrogen) atoms. The number of aryl methyl sites for hydroxylation is 1. The summed E-state index contributed by atoms with van der Waals surface area (Å²) in [7, 11) is 2.19. The smallest absolute Gasteiger partial charge is 0.112 e. The van der Waals surface area contributed by atoms with Crippen LogP contribution in [0.4, 0.5) is 5.82 Å². The molecule has 112 valence electrons. The third-order valence-electron chi connectivity index (χ3n) is 5.55. The van der Waals surface area contributed by atoms with E-state index in [2.05, 4.69) is 48.6 Å². The molecule has 1 fully saturated rings. The molecule has 2 aromatic rings. The molecule has 2 bridgehead atoms. The van der Waals surface area contributed by atoms with Crippen molar-refractivity contribution < 1.29 is 5.11 Å². The van der Waals surface area contributed by atoms with Crippen LogP contribution >= 0.6 is 0 Å². The van der Waals surface area contributed by atoms with E-state index in [1.807, 2.05) is 0 Å². The van der Waals surface area contributed by atoms with Gasteiger partial charge in [0.1, 0.15) is 5.82 Å². The number of anilines is 1. The number of nitrogens with zero attached hydrogens (tertiary/aromatic N) is 2. The topological polar surface area (TPSA) is 28.4 Å². The third-order valence-corrected chi connectivity index (χ3v) is 5.55. The summed E-state index contributed by atoms with van der Waals surface area (Å²) in [6.45, 7) is 6.82. The zero-order valence-electron chi connectivity index (χ0n) is 13.2. The standard InChI is InChI=1S/C18H24N2O/c1-18(2,11-21)14-6-4-5-13-15-12-7-9-20(10-8-12)17(15)19(3)16(13)14/h4-6,12,21H,7-11H2,1-3H3. The first-order chi connectivity index (χ1) is 10.0. The zero-order chi connectivity index (χ0) is 14.8. The van der Waals surface area contributed by atoms with E-state index in [4.69, 9.17) is 0 Å². The summed E-state index contributed by atoms with van der Waals surface area (Å²) in [5.74, 6) is 2.15. The van der Waals surface area contributed by atoms with Crippen LogP contribution in [0.25, 0.3) is 10.9 Å². The Labute approximate surface area is 126 Å². The maximum absolute atomic E-state index is 9.80. The predicted octanol–water partition coefficient (Wildman–Crippen LogP) is 3.15. The Morgan fingerprint density at radius 2 is 1.95 bits per heavy atom. The fraction of sp³-hybridized carbons (Fsp3) is 0.556. The van der Waals surface area contributed by atoms with Crippen LogP contribution in [-0.2, 0) is 12.5 Å². The minimum atomic E-state index is -0.206. The molecule has 0 saturated carbocycles. The van der Waals surface area contributed by atoms with Gasteiger partial charge in [-0.15, -0.1) is 0 Å². The van der Waals surface area contributed by atoms with Crippen molar-refractivity contribution in [3.05, 3.63) is 29.3 Å². The number of aromatic nitrogens is 1. The molecule has 5 rings (SSSR count). The number of hydrogen-bond acceptors (Lipinski definition) is 2. The number of aliphatic hydroxyl groups is 1. The Morgan fingerprint density at radius 1 is 1.24 bits per heavy atom. The quantitative estimate of drug-likeness (QED) is 0.917. The van der Waals surface area contributed by atoms with Gasteiger partial charge in [0.25, 0.3) is 0 Å². The molecule has 0 radical (unpaired) electrons. The van der Waals surface area contributed by atoms with Crippen molar-refractivity contribution in [1.29, 1.82) is 0 Å². The maximum Gasteiger partial charge on any atom is 0.112 e. The normalized spacial score (nSPS) is 18.6.